The number of rotatable bonds is 6. The van der Waals surface area contributed by atoms with Gasteiger partial charge in [-0.1, -0.05) is 18.2 Å². The normalized spacial score (nSPS) is 13.2. The highest BCUT2D eigenvalue weighted by molar-refractivity contribution is 8.00. The van der Waals surface area contributed by atoms with E-state index >= 15 is 0 Å². The molecule has 1 heterocycles. The van der Waals surface area contributed by atoms with E-state index in [9.17, 15) is 9.18 Å². The summed E-state index contributed by atoms with van der Waals surface area (Å²) in [5, 5.41) is 2.82. The SMILES string of the molecule is O=C(CSc1ccc2c(c1)OCCCO2)NCCc1ccccc1F. The predicted molar refractivity (Wildman–Crippen MR) is 95.9 cm³/mol. The summed E-state index contributed by atoms with van der Waals surface area (Å²) < 4.78 is 24.7. The Morgan fingerprint density at radius 3 is 2.76 bits per heavy atom. The second-order valence-corrected chi connectivity index (χ2v) is 6.69. The largest absolute Gasteiger partial charge is 0.490 e. The van der Waals surface area contributed by atoms with Gasteiger partial charge in [0, 0.05) is 17.9 Å². The van der Waals surface area contributed by atoms with Gasteiger partial charge in [0.2, 0.25) is 5.91 Å². The van der Waals surface area contributed by atoms with Gasteiger partial charge in [-0.2, -0.15) is 0 Å². The van der Waals surface area contributed by atoms with E-state index in [0.717, 1.165) is 22.8 Å². The van der Waals surface area contributed by atoms with Crippen LogP contribution in [0.2, 0.25) is 0 Å². The lowest BCUT2D eigenvalue weighted by molar-refractivity contribution is -0.118. The molecule has 1 amide bonds. The van der Waals surface area contributed by atoms with E-state index in [4.69, 9.17) is 9.47 Å². The van der Waals surface area contributed by atoms with Crippen LogP contribution in [0.5, 0.6) is 11.5 Å². The average molecular weight is 361 g/mol. The van der Waals surface area contributed by atoms with Gasteiger partial charge >= 0.3 is 0 Å². The Labute approximate surface area is 150 Å². The lowest BCUT2D eigenvalue weighted by atomic mass is 10.1. The van der Waals surface area contributed by atoms with Crippen molar-refractivity contribution in [1.29, 1.82) is 0 Å². The number of fused-ring (bicyclic) bond motifs is 1. The summed E-state index contributed by atoms with van der Waals surface area (Å²) in [6, 6.07) is 12.3. The van der Waals surface area contributed by atoms with Crippen molar-refractivity contribution in [2.75, 3.05) is 25.5 Å². The van der Waals surface area contributed by atoms with Crippen LogP contribution in [0.1, 0.15) is 12.0 Å². The summed E-state index contributed by atoms with van der Waals surface area (Å²) in [5.74, 6) is 1.46. The Morgan fingerprint density at radius 1 is 1.12 bits per heavy atom. The molecular weight excluding hydrogens is 341 g/mol. The van der Waals surface area contributed by atoms with Crippen LogP contribution in [0.15, 0.2) is 47.4 Å². The van der Waals surface area contributed by atoms with Crippen LogP contribution in [0.3, 0.4) is 0 Å². The van der Waals surface area contributed by atoms with E-state index in [1.54, 1.807) is 18.2 Å². The molecule has 0 radical (unpaired) electrons. The Bertz CT molecular complexity index is 738. The third-order valence-corrected chi connectivity index (χ3v) is 4.76. The van der Waals surface area contributed by atoms with E-state index in [1.807, 2.05) is 18.2 Å². The molecule has 2 aromatic carbocycles. The van der Waals surface area contributed by atoms with E-state index in [2.05, 4.69) is 5.32 Å². The molecule has 1 aliphatic heterocycles. The number of amides is 1. The first-order chi connectivity index (χ1) is 12.2. The van der Waals surface area contributed by atoms with E-state index in [0.29, 0.717) is 37.5 Å². The first-order valence-electron chi connectivity index (χ1n) is 8.25. The minimum absolute atomic E-state index is 0.0755. The van der Waals surface area contributed by atoms with Gasteiger partial charge in [0.05, 0.1) is 19.0 Å². The molecule has 0 saturated heterocycles. The summed E-state index contributed by atoms with van der Waals surface area (Å²) in [7, 11) is 0. The molecule has 1 N–H and O–H groups in total. The van der Waals surface area contributed by atoms with Crippen LogP contribution in [-0.2, 0) is 11.2 Å². The number of nitrogens with one attached hydrogen (secondary N) is 1. The maximum Gasteiger partial charge on any atom is 0.230 e. The van der Waals surface area contributed by atoms with Gasteiger partial charge in [-0.25, -0.2) is 4.39 Å². The van der Waals surface area contributed by atoms with Crippen molar-refractivity contribution >= 4 is 17.7 Å². The topological polar surface area (TPSA) is 47.6 Å². The van der Waals surface area contributed by atoms with Crippen LogP contribution >= 0.6 is 11.8 Å². The molecule has 1 aliphatic rings. The van der Waals surface area contributed by atoms with Crippen molar-refractivity contribution in [1.82, 2.24) is 5.32 Å². The molecule has 0 aromatic heterocycles. The summed E-state index contributed by atoms with van der Waals surface area (Å²) in [6.45, 7) is 1.71. The van der Waals surface area contributed by atoms with E-state index in [-0.39, 0.29) is 11.7 Å². The monoisotopic (exact) mass is 361 g/mol. The molecular formula is C19H20FNO3S. The number of carbonyl (C=O) groups is 1. The van der Waals surface area contributed by atoms with Gasteiger partial charge in [-0.15, -0.1) is 11.8 Å². The maximum absolute atomic E-state index is 13.5. The zero-order chi connectivity index (χ0) is 17.5. The highest BCUT2D eigenvalue weighted by Crippen LogP contribution is 2.33. The predicted octanol–water partition coefficient (Wildman–Crippen LogP) is 3.44. The quantitative estimate of drug-likeness (QED) is 0.801. The molecule has 0 atom stereocenters. The third-order valence-electron chi connectivity index (χ3n) is 3.76. The molecule has 0 saturated carbocycles. The highest BCUT2D eigenvalue weighted by Gasteiger charge is 2.11. The average Bonchev–Trinajstić information content (AvgIpc) is 2.86. The number of carbonyl (C=O) groups excluding carboxylic acids is 1. The van der Waals surface area contributed by atoms with Crippen molar-refractivity contribution < 1.29 is 18.7 Å². The molecule has 0 unspecified atom stereocenters. The Hall–Kier alpha value is -2.21. The molecule has 4 nitrogen and oxygen atoms in total. The molecule has 0 bridgehead atoms. The lowest BCUT2D eigenvalue weighted by Gasteiger charge is -2.09. The second-order valence-electron chi connectivity index (χ2n) is 5.64. The number of hydrogen-bond acceptors (Lipinski definition) is 4. The summed E-state index contributed by atoms with van der Waals surface area (Å²) >= 11 is 1.44. The minimum atomic E-state index is -0.238. The van der Waals surface area contributed by atoms with Crippen LogP contribution in [0.4, 0.5) is 4.39 Å². The first kappa shape index (κ1) is 17.6. The van der Waals surface area contributed by atoms with Crippen molar-refractivity contribution in [3.8, 4) is 11.5 Å². The molecule has 6 heteroatoms. The molecule has 0 aliphatic carbocycles. The van der Waals surface area contributed by atoms with Gasteiger partial charge in [0.15, 0.2) is 11.5 Å². The van der Waals surface area contributed by atoms with E-state index in [1.165, 1.54) is 17.8 Å². The van der Waals surface area contributed by atoms with Gasteiger partial charge in [0.25, 0.3) is 0 Å². The Morgan fingerprint density at radius 2 is 1.92 bits per heavy atom. The van der Waals surface area contributed by atoms with Crippen molar-refractivity contribution in [3.63, 3.8) is 0 Å². The van der Waals surface area contributed by atoms with Gasteiger partial charge in [0.1, 0.15) is 5.82 Å². The standard InChI is InChI=1S/C19H20FNO3S/c20-16-5-2-1-4-14(16)8-9-21-19(22)13-25-15-6-7-17-18(12-15)24-11-3-10-23-17/h1-2,4-7,12H,3,8-11,13H2,(H,21,22). The third kappa shape index (κ3) is 5.13. The number of thioether (sulfide) groups is 1. The Balaban J connectivity index is 1.44. The molecule has 132 valence electrons. The highest BCUT2D eigenvalue weighted by atomic mass is 32.2. The molecule has 0 spiro atoms. The molecule has 3 rings (SSSR count). The summed E-state index contributed by atoms with van der Waals surface area (Å²) in [4.78, 5) is 12.9. The number of halogens is 1. The summed E-state index contributed by atoms with van der Waals surface area (Å²) in [5.41, 5.74) is 0.610. The van der Waals surface area contributed by atoms with Gasteiger partial charge in [-0.3, -0.25) is 4.79 Å². The number of benzene rings is 2. The van der Waals surface area contributed by atoms with Crippen LogP contribution in [0, 0.1) is 5.82 Å². The zero-order valence-electron chi connectivity index (χ0n) is 13.8. The van der Waals surface area contributed by atoms with Crippen molar-refractivity contribution in [2.24, 2.45) is 0 Å². The van der Waals surface area contributed by atoms with Crippen LogP contribution < -0.4 is 14.8 Å². The fourth-order valence-electron chi connectivity index (χ4n) is 2.47. The minimum Gasteiger partial charge on any atom is -0.490 e. The number of ether oxygens (including phenoxy) is 2. The zero-order valence-corrected chi connectivity index (χ0v) is 14.6. The second kappa shape index (κ2) is 8.76. The number of hydrogen-bond donors (Lipinski definition) is 1. The fourth-order valence-corrected chi connectivity index (χ4v) is 3.23. The molecule has 0 fully saturated rings. The molecule has 2 aromatic rings. The van der Waals surface area contributed by atoms with Gasteiger partial charge in [-0.05, 0) is 36.2 Å². The van der Waals surface area contributed by atoms with Crippen molar-refractivity contribution in [3.05, 3.63) is 53.8 Å². The lowest BCUT2D eigenvalue weighted by Crippen LogP contribution is -2.27. The van der Waals surface area contributed by atoms with Gasteiger partial charge < -0.3 is 14.8 Å². The fraction of sp³-hybridized carbons (Fsp3) is 0.316. The van der Waals surface area contributed by atoms with Crippen molar-refractivity contribution in [2.45, 2.75) is 17.7 Å². The van der Waals surface area contributed by atoms with Crippen LogP contribution in [0.25, 0.3) is 0 Å². The van der Waals surface area contributed by atoms with Crippen LogP contribution in [-0.4, -0.2) is 31.4 Å². The summed E-state index contributed by atoms with van der Waals surface area (Å²) in [6.07, 6.45) is 1.34. The first-order valence-corrected chi connectivity index (χ1v) is 9.23. The Kier molecular flexibility index (Phi) is 6.17. The molecule has 25 heavy (non-hydrogen) atoms. The van der Waals surface area contributed by atoms with E-state index < -0.39 is 0 Å². The maximum atomic E-state index is 13.5. The smallest absolute Gasteiger partial charge is 0.230 e.